The number of nitrogens with zero attached hydrogens (tertiary/aromatic N) is 1. The first-order chi connectivity index (χ1) is 14.5. The molecule has 0 radical (unpaired) electrons. The van der Waals surface area contributed by atoms with Crippen LogP contribution in [0.5, 0.6) is 0 Å². The first-order valence-electron chi connectivity index (χ1n) is 9.97. The normalized spacial score (nSPS) is 20.8. The number of aliphatic hydroxyl groups is 1. The van der Waals surface area contributed by atoms with Crippen LogP contribution in [-0.4, -0.2) is 48.9 Å². The molecule has 2 heterocycles. The van der Waals surface area contributed by atoms with E-state index in [2.05, 4.69) is 0 Å². The molecule has 0 unspecified atom stereocenters. The average molecular weight is 453 g/mol. The number of carbonyl (C=O) groups is 1. The second kappa shape index (κ2) is 7.63. The van der Waals surface area contributed by atoms with Gasteiger partial charge in [-0.05, 0) is 54.2 Å². The number of sulfone groups is 1. The molecule has 166 valence electrons. The molecule has 9 heteroatoms. The molecule has 0 bridgehead atoms. The van der Waals surface area contributed by atoms with Gasteiger partial charge in [0, 0.05) is 18.7 Å². The molecule has 0 atom stereocenters. The Morgan fingerprint density at radius 2 is 1.52 bits per heavy atom. The van der Waals surface area contributed by atoms with Crippen LogP contribution < -0.4 is 0 Å². The standard InChI is InChI=1S/C22H22F3NO4S/c23-22(24,25)19-7-1-15(2-8-19)16-9-11-26(12-10-16)20(27)17-3-5-18(6-4-17)21(28)13-31(29,30)14-21/h1-8,16,28H,9-14H2. The van der Waals surface area contributed by atoms with Gasteiger partial charge in [-0.3, -0.25) is 4.79 Å². The molecule has 5 nitrogen and oxygen atoms in total. The molecule has 31 heavy (non-hydrogen) atoms. The number of likely N-dealkylation sites (tertiary alicyclic amines) is 1. The van der Waals surface area contributed by atoms with E-state index in [4.69, 9.17) is 0 Å². The highest BCUT2D eigenvalue weighted by Gasteiger charge is 2.48. The summed E-state index contributed by atoms with van der Waals surface area (Å²) in [5.41, 5.74) is -0.299. The minimum atomic E-state index is -4.35. The summed E-state index contributed by atoms with van der Waals surface area (Å²) >= 11 is 0. The maximum absolute atomic E-state index is 12.8. The Balaban J connectivity index is 1.36. The van der Waals surface area contributed by atoms with Gasteiger partial charge < -0.3 is 10.0 Å². The number of alkyl halides is 3. The number of piperidine rings is 1. The predicted octanol–water partition coefficient (Wildman–Crippen LogP) is 3.34. The van der Waals surface area contributed by atoms with Crippen molar-refractivity contribution in [2.24, 2.45) is 0 Å². The van der Waals surface area contributed by atoms with Crippen LogP contribution in [0.2, 0.25) is 0 Å². The summed E-state index contributed by atoms with van der Waals surface area (Å²) in [5.74, 6) is -0.690. The van der Waals surface area contributed by atoms with Crippen LogP contribution in [0.3, 0.4) is 0 Å². The van der Waals surface area contributed by atoms with Crippen molar-refractivity contribution in [3.8, 4) is 0 Å². The van der Waals surface area contributed by atoms with Crippen molar-refractivity contribution in [2.45, 2.75) is 30.5 Å². The lowest BCUT2D eigenvalue weighted by Crippen LogP contribution is -2.52. The molecule has 2 aliphatic heterocycles. The zero-order valence-corrected chi connectivity index (χ0v) is 17.4. The van der Waals surface area contributed by atoms with Crippen LogP contribution in [0.25, 0.3) is 0 Å². The van der Waals surface area contributed by atoms with Crippen molar-refractivity contribution < 1.29 is 31.5 Å². The summed E-state index contributed by atoms with van der Waals surface area (Å²) in [6.07, 6.45) is -3.04. The third kappa shape index (κ3) is 4.48. The van der Waals surface area contributed by atoms with E-state index in [1.807, 2.05) is 0 Å². The van der Waals surface area contributed by atoms with E-state index in [0.29, 0.717) is 37.1 Å². The summed E-state index contributed by atoms with van der Waals surface area (Å²) in [6, 6.07) is 11.5. The number of hydrogen-bond acceptors (Lipinski definition) is 4. The Kier molecular flexibility index (Phi) is 5.37. The Hall–Kier alpha value is -2.39. The molecule has 2 aliphatic rings. The van der Waals surface area contributed by atoms with Gasteiger partial charge in [-0.2, -0.15) is 13.2 Å². The first-order valence-corrected chi connectivity index (χ1v) is 11.8. The molecule has 0 aliphatic carbocycles. The Morgan fingerprint density at radius 3 is 2.00 bits per heavy atom. The van der Waals surface area contributed by atoms with Gasteiger partial charge in [0.1, 0.15) is 5.60 Å². The minimum absolute atomic E-state index is 0.100. The lowest BCUT2D eigenvalue weighted by molar-refractivity contribution is -0.137. The summed E-state index contributed by atoms with van der Waals surface area (Å²) in [6.45, 7) is 0.989. The van der Waals surface area contributed by atoms with Crippen LogP contribution in [0.15, 0.2) is 48.5 Å². The highest BCUT2D eigenvalue weighted by molar-refractivity contribution is 7.92. The fourth-order valence-electron chi connectivity index (χ4n) is 4.32. The summed E-state index contributed by atoms with van der Waals surface area (Å²) in [4.78, 5) is 14.5. The molecule has 2 aromatic carbocycles. The zero-order valence-electron chi connectivity index (χ0n) is 16.6. The van der Waals surface area contributed by atoms with E-state index >= 15 is 0 Å². The number of benzene rings is 2. The molecule has 4 rings (SSSR count). The smallest absolute Gasteiger partial charge is 0.383 e. The van der Waals surface area contributed by atoms with Crippen molar-refractivity contribution in [3.63, 3.8) is 0 Å². The maximum atomic E-state index is 12.8. The fraction of sp³-hybridized carbons (Fsp3) is 0.409. The van der Waals surface area contributed by atoms with Gasteiger partial charge in [0.2, 0.25) is 0 Å². The van der Waals surface area contributed by atoms with Gasteiger partial charge in [-0.1, -0.05) is 24.3 Å². The van der Waals surface area contributed by atoms with E-state index in [1.54, 1.807) is 29.2 Å². The summed E-state index contributed by atoms with van der Waals surface area (Å²) < 4.78 is 60.9. The van der Waals surface area contributed by atoms with Crippen LogP contribution in [-0.2, 0) is 21.6 Å². The van der Waals surface area contributed by atoms with E-state index in [1.165, 1.54) is 12.1 Å². The summed E-state index contributed by atoms with van der Waals surface area (Å²) in [7, 11) is -3.20. The second-order valence-electron chi connectivity index (χ2n) is 8.33. The summed E-state index contributed by atoms with van der Waals surface area (Å²) in [5, 5.41) is 10.4. The van der Waals surface area contributed by atoms with Crippen molar-refractivity contribution in [2.75, 3.05) is 24.6 Å². The molecule has 2 saturated heterocycles. The second-order valence-corrected chi connectivity index (χ2v) is 10.4. The molecule has 1 amide bonds. The van der Waals surface area contributed by atoms with Gasteiger partial charge in [0.15, 0.2) is 9.84 Å². The van der Waals surface area contributed by atoms with E-state index in [0.717, 1.165) is 17.7 Å². The van der Waals surface area contributed by atoms with E-state index in [-0.39, 0.29) is 23.3 Å². The third-order valence-electron chi connectivity index (χ3n) is 6.08. The van der Waals surface area contributed by atoms with Gasteiger partial charge in [0.25, 0.3) is 5.91 Å². The largest absolute Gasteiger partial charge is 0.416 e. The first kappa shape index (κ1) is 21.8. The van der Waals surface area contributed by atoms with E-state index < -0.39 is 27.2 Å². The van der Waals surface area contributed by atoms with Gasteiger partial charge in [-0.25, -0.2) is 8.42 Å². The predicted molar refractivity (Wildman–Crippen MR) is 108 cm³/mol. The zero-order chi connectivity index (χ0) is 22.4. The highest BCUT2D eigenvalue weighted by atomic mass is 32.2. The van der Waals surface area contributed by atoms with Crippen LogP contribution in [0.4, 0.5) is 13.2 Å². The number of amides is 1. The Morgan fingerprint density at radius 1 is 0.968 bits per heavy atom. The van der Waals surface area contributed by atoms with Gasteiger partial charge >= 0.3 is 6.18 Å². The fourth-order valence-corrected chi connectivity index (χ4v) is 6.02. The Bertz CT molecular complexity index is 1060. The van der Waals surface area contributed by atoms with Crippen molar-refractivity contribution >= 4 is 15.7 Å². The van der Waals surface area contributed by atoms with Crippen molar-refractivity contribution in [1.29, 1.82) is 0 Å². The molecule has 0 aromatic heterocycles. The number of rotatable bonds is 3. The van der Waals surface area contributed by atoms with Crippen LogP contribution in [0, 0.1) is 0 Å². The van der Waals surface area contributed by atoms with Gasteiger partial charge in [-0.15, -0.1) is 0 Å². The SMILES string of the molecule is O=C(c1ccc(C2(O)CS(=O)(=O)C2)cc1)N1CCC(c2ccc(C(F)(F)F)cc2)CC1. The quantitative estimate of drug-likeness (QED) is 0.774. The lowest BCUT2D eigenvalue weighted by atomic mass is 9.88. The average Bonchev–Trinajstić information content (AvgIpc) is 2.71. The molecular formula is C22H22F3NO4S. The Labute approximate surface area is 178 Å². The van der Waals surface area contributed by atoms with Crippen LogP contribution in [0.1, 0.15) is 45.8 Å². The number of halogens is 3. The molecule has 2 aromatic rings. The maximum Gasteiger partial charge on any atom is 0.416 e. The van der Waals surface area contributed by atoms with Crippen molar-refractivity contribution in [1.82, 2.24) is 4.90 Å². The molecule has 0 spiro atoms. The number of hydrogen-bond donors (Lipinski definition) is 1. The molecule has 2 fully saturated rings. The molecular weight excluding hydrogens is 431 g/mol. The molecule has 0 saturated carbocycles. The lowest BCUT2D eigenvalue weighted by Gasteiger charge is -2.36. The third-order valence-corrected chi connectivity index (χ3v) is 7.91. The monoisotopic (exact) mass is 453 g/mol. The highest BCUT2D eigenvalue weighted by Crippen LogP contribution is 2.35. The van der Waals surface area contributed by atoms with Gasteiger partial charge in [0.05, 0.1) is 17.1 Å². The topological polar surface area (TPSA) is 74.7 Å². The van der Waals surface area contributed by atoms with E-state index in [9.17, 15) is 31.5 Å². The minimum Gasteiger partial charge on any atom is -0.383 e. The van der Waals surface area contributed by atoms with Crippen LogP contribution >= 0.6 is 0 Å². The molecule has 1 N–H and O–H groups in total. The van der Waals surface area contributed by atoms with Crippen molar-refractivity contribution in [3.05, 3.63) is 70.8 Å². The number of carbonyl (C=O) groups excluding carboxylic acids is 1.